The van der Waals surface area contributed by atoms with Crippen molar-refractivity contribution in [2.45, 2.75) is 23.1 Å². The minimum atomic E-state index is -1.67. The summed E-state index contributed by atoms with van der Waals surface area (Å²) in [6.45, 7) is 1.25. The fraction of sp³-hybridized carbons (Fsp3) is 0.250. The van der Waals surface area contributed by atoms with E-state index in [0.29, 0.717) is 13.1 Å². The van der Waals surface area contributed by atoms with E-state index < -0.39 is 34.0 Å². The van der Waals surface area contributed by atoms with Gasteiger partial charge in [-0.1, -0.05) is 0 Å². The molecule has 0 amide bonds. The van der Waals surface area contributed by atoms with E-state index in [2.05, 4.69) is 0 Å². The van der Waals surface area contributed by atoms with Gasteiger partial charge in [-0.15, -0.1) is 0 Å². The fourth-order valence-corrected chi connectivity index (χ4v) is 5.69. The molecule has 4 heterocycles. The van der Waals surface area contributed by atoms with Crippen molar-refractivity contribution in [3.63, 3.8) is 0 Å². The quantitative estimate of drug-likeness (QED) is 0.435. The number of nitrogens with zero attached hydrogens (tertiary/aromatic N) is 2. The summed E-state index contributed by atoms with van der Waals surface area (Å²) in [6, 6.07) is 5.65. The first-order valence-corrected chi connectivity index (χ1v) is 11.6. The Morgan fingerprint density at radius 1 is 0.815 bits per heavy atom. The Morgan fingerprint density at radius 3 is 1.70 bits per heavy atom. The molecule has 0 saturated carbocycles. The summed E-state index contributed by atoms with van der Waals surface area (Å²) in [5.41, 5.74) is -0.223. The van der Waals surface area contributed by atoms with Crippen LogP contribution < -0.4 is 33.2 Å². The van der Waals surface area contributed by atoms with E-state index in [0.717, 1.165) is 21.6 Å². The van der Waals surface area contributed by atoms with Crippen molar-refractivity contribution in [1.82, 2.24) is 9.13 Å². The van der Waals surface area contributed by atoms with Crippen molar-refractivity contribution >= 4 is 35.5 Å². The van der Waals surface area contributed by atoms with E-state index in [-0.39, 0.29) is 22.2 Å². The first kappa shape index (κ1) is 18.6. The van der Waals surface area contributed by atoms with Gasteiger partial charge >= 0.3 is 173 Å². The van der Waals surface area contributed by atoms with Crippen molar-refractivity contribution in [2.75, 3.05) is 11.5 Å². The second-order valence-electron chi connectivity index (χ2n) is 5.63. The monoisotopic (exact) mass is 519 g/mol. The molecule has 27 heavy (non-hydrogen) atoms. The van der Waals surface area contributed by atoms with Gasteiger partial charge in [0.1, 0.15) is 0 Å². The third-order valence-electron chi connectivity index (χ3n) is 3.98. The molecule has 0 fully saturated rings. The van der Waals surface area contributed by atoms with Crippen molar-refractivity contribution < 1.29 is 37.8 Å². The molecule has 2 aromatic rings. The van der Waals surface area contributed by atoms with E-state index in [1.807, 2.05) is 0 Å². The van der Waals surface area contributed by atoms with E-state index in [9.17, 15) is 19.2 Å². The molecule has 2 aromatic heterocycles. The summed E-state index contributed by atoms with van der Waals surface area (Å²) in [7, 11) is 0. The Balaban J connectivity index is 1.39. The van der Waals surface area contributed by atoms with Crippen LogP contribution in [0.1, 0.15) is 20.7 Å². The summed E-state index contributed by atoms with van der Waals surface area (Å²) in [6.07, 6.45) is 0. The van der Waals surface area contributed by atoms with Crippen LogP contribution in [0.4, 0.5) is 0 Å². The third kappa shape index (κ3) is 3.80. The molecule has 4 rings (SSSR count). The van der Waals surface area contributed by atoms with E-state index >= 15 is 0 Å². The van der Waals surface area contributed by atoms with Crippen LogP contribution in [0.5, 0.6) is 0 Å². The predicted molar refractivity (Wildman–Crippen MR) is 93.7 cm³/mol. The second kappa shape index (κ2) is 7.72. The number of thioether (sulfide) groups is 2. The predicted octanol–water partition coefficient (Wildman–Crippen LogP) is -1.85. The third-order valence-corrected chi connectivity index (χ3v) is 7.19. The Kier molecular flexibility index (Phi) is 5.32. The van der Waals surface area contributed by atoms with Gasteiger partial charge in [-0.05, 0) is 0 Å². The van der Waals surface area contributed by atoms with Gasteiger partial charge in [0, 0.05) is 0 Å². The number of rotatable bonds is 4. The van der Waals surface area contributed by atoms with Crippen molar-refractivity contribution in [3.8, 4) is 0 Å². The number of aromatic nitrogens is 2. The molecule has 0 aliphatic carbocycles. The van der Waals surface area contributed by atoms with Crippen LogP contribution in [0.15, 0.2) is 43.9 Å². The zero-order chi connectivity index (χ0) is 19.0. The molecule has 8 nitrogen and oxygen atoms in total. The normalized spacial score (nSPS) is 14.7. The van der Waals surface area contributed by atoms with Gasteiger partial charge in [0.25, 0.3) is 0 Å². The van der Waals surface area contributed by atoms with E-state index in [4.69, 9.17) is 6.13 Å². The van der Waals surface area contributed by atoms with Crippen LogP contribution in [0.3, 0.4) is 0 Å². The molecule has 0 N–H and O–H groups in total. The number of fused-ring (bicyclic) bond motifs is 2. The van der Waals surface area contributed by atoms with Crippen molar-refractivity contribution in [1.29, 1.82) is 0 Å². The number of hydrogen-bond acceptors (Lipinski definition) is 8. The van der Waals surface area contributed by atoms with Gasteiger partial charge in [0.2, 0.25) is 0 Å². The van der Waals surface area contributed by atoms with Crippen molar-refractivity contribution in [3.05, 3.63) is 56.1 Å². The van der Waals surface area contributed by atoms with Gasteiger partial charge in [-0.2, -0.15) is 0 Å². The summed E-state index contributed by atoms with van der Waals surface area (Å²) in [5.74, 6) is 0.177. The maximum absolute atomic E-state index is 12.1. The Labute approximate surface area is 172 Å². The first-order chi connectivity index (χ1) is 13.0. The van der Waals surface area contributed by atoms with Crippen LogP contribution in [0.25, 0.3) is 0 Å². The van der Waals surface area contributed by atoms with E-state index in [1.54, 1.807) is 21.3 Å². The van der Waals surface area contributed by atoms with Crippen LogP contribution in [0.2, 0.25) is 0 Å². The SMILES string of the molecule is O=C(O[I-]OC(=O)c1cc2n(c(=O)c1)CCS2)c1cc2n(c(=O)c1)CCS2. The number of carbonyl (C=O) groups excluding carboxylic acids is 2. The number of carbonyl (C=O) groups is 2. The Morgan fingerprint density at radius 2 is 1.26 bits per heavy atom. The maximum atomic E-state index is 12.1. The molecule has 142 valence electrons. The topological polar surface area (TPSA) is 96.6 Å². The van der Waals surface area contributed by atoms with Gasteiger partial charge in [-0.25, -0.2) is 0 Å². The Hall–Kier alpha value is -1.73. The zero-order valence-corrected chi connectivity index (χ0v) is 17.5. The standard InChI is InChI=1S/C16H12IN2O6S2/c20-11-5-9(7-13-18(11)1-3-26-13)15(22)24-17-25-16(23)10-6-12(21)19-2-4-27-14(19)8-10/h5-8H,1-4H2/q-1. The van der Waals surface area contributed by atoms with Gasteiger partial charge in [0.05, 0.1) is 0 Å². The summed E-state index contributed by atoms with van der Waals surface area (Å²) >= 11 is 1.32. The molecule has 0 aromatic carbocycles. The number of halogens is 1. The van der Waals surface area contributed by atoms with Gasteiger partial charge in [0.15, 0.2) is 0 Å². The molecule has 0 saturated heterocycles. The molecule has 11 heteroatoms. The van der Waals surface area contributed by atoms with Gasteiger partial charge < -0.3 is 0 Å². The molecule has 0 atom stereocenters. The van der Waals surface area contributed by atoms with Crippen LogP contribution in [-0.2, 0) is 19.2 Å². The van der Waals surface area contributed by atoms with Gasteiger partial charge in [-0.3, -0.25) is 0 Å². The molecular weight excluding hydrogens is 507 g/mol. The molecular formula is C16H12IN2O6S2-. The summed E-state index contributed by atoms with van der Waals surface area (Å²) in [4.78, 5) is 48.2. The van der Waals surface area contributed by atoms with Crippen LogP contribution in [0, 0.1) is 0 Å². The molecule has 0 radical (unpaired) electrons. The van der Waals surface area contributed by atoms with E-state index in [1.165, 1.54) is 35.7 Å². The second-order valence-corrected chi connectivity index (χ2v) is 9.10. The number of pyridine rings is 2. The summed E-state index contributed by atoms with van der Waals surface area (Å²) < 4.78 is 13.3. The fourth-order valence-electron chi connectivity index (χ4n) is 2.71. The average Bonchev–Trinajstić information content (AvgIpc) is 3.30. The summed E-state index contributed by atoms with van der Waals surface area (Å²) in [5, 5.41) is 1.45. The van der Waals surface area contributed by atoms with Crippen LogP contribution >= 0.6 is 23.5 Å². The molecule has 2 aliphatic heterocycles. The molecule has 2 aliphatic rings. The minimum absolute atomic E-state index is 0.142. The van der Waals surface area contributed by atoms with Crippen LogP contribution in [-0.4, -0.2) is 32.6 Å². The molecule has 0 unspecified atom stereocenters. The molecule has 0 bridgehead atoms. The Bertz CT molecular complexity index is 980. The number of hydrogen-bond donors (Lipinski definition) is 0. The van der Waals surface area contributed by atoms with Crippen molar-refractivity contribution in [2.24, 2.45) is 0 Å². The zero-order valence-electron chi connectivity index (χ0n) is 13.7. The first-order valence-electron chi connectivity index (χ1n) is 7.86. The average molecular weight is 519 g/mol. The molecule has 0 spiro atoms.